The molecule has 110 valence electrons. The third-order valence-corrected chi connectivity index (χ3v) is 3.91. The van der Waals surface area contributed by atoms with Gasteiger partial charge in [0.2, 0.25) is 0 Å². The van der Waals surface area contributed by atoms with E-state index in [2.05, 4.69) is 0 Å². The molecular weight excluding hydrogens is 252 g/mol. The van der Waals surface area contributed by atoms with Crippen LogP contribution < -0.4 is 0 Å². The minimum atomic E-state index is -0.783. The summed E-state index contributed by atoms with van der Waals surface area (Å²) in [5.41, 5.74) is -0.239. The molecule has 0 heterocycles. The molecule has 2 rings (SSSR count). The molecule has 1 aliphatic carbocycles. The molecule has 3 heteroatoms. The summed E-state index contributed by atoms with van der Waals surface area (Å²) < 4.78 is 5.57. The third-order valence-electron chi connectivity index (χ3n) is 3.91. The van der Waals surface area contributed by atoms with Gasteiger partial charge in [-0.1, -0.05) is 30.3 Å². The zero-order valence-electron chi connectivity index (χ0n) is 12.6. The van der Waals surface area contributed by atoms with E-state index < -0.39 is 17.1 Å². The molecule has 0 amide bonds. The zero-order valence-corrected chi connectivity index (χ0v) is 12.6. The normalized spacial score (nSPS) is 26.5. The molecule has 1 fully saturated rings. The second-order valence-corrected chi connectivity index (χ2v) is 6.73. The fraction of sp³-hybridized carbons (Fsp3) is 0.588. The Hall–Kier alpha value is -1.35. The van der Waals surface area contributed by atoms with E-state index in [0.717, 1.165) is 12.0 Å². The quantitative estimate of drug-likeness (QED) is 0.863. The molecule has 20 heavy (non-hydrogen) atoms. The topological polar surface area (TPSA) is 46.5 Å². The lowest BCUT2D eigenvalue weighted by Gasteiger charge is -2.33. The fourth-order valence-electron chi connectivity index (χ4n) is 2.91. The Kier molecular flexibility index (Phi) is 4.19. The van der Waals surface area contributed by atoms with Gasteiger partial charge in [-0.25, -0.2) is 0 Å². The summed E-state index contributed by atoms with van der Waals surface area (Å²) in [4.78, 5) is 12.6. The molecule has 2 atom stereocenters. The van der Waals surface area contributed by atoms with Gasteiger partial charge in [0.15, 0.2) is 0 Å². The highest BCUT2D eigenvalue weighted by molar-refractivity contribution is 5.79. The van der Waals surface area contributed by atoms with E-state index in [0.29, 0.717) is 19.3 Å². The van der Waals surface area contributed by atoms with Crippen molar-refractivity contribution in [1.82, 2.24) is 0 Å². The van der Waals surface area contributed by atoms with Gasteiger partial charge in [-0.05, 0) is 52.0 Å². The van der Waals surface area contributed by atoms with Crippen LogP contribution in [0.1, 0.15) is 45.6 Å². The molecule has 1 aromatic carbocycles. The minimum Gasteiger partial charge on any atom is -0.459 e. The van der Waals surface area contributed by atoms with Gasteiger partial charge in [0, 0.05) is 0 Å². The fourth-order valence-corrected chi connectivity index (χ4v) is 2.91. The highest BCUT2D eigenvalue weighted by Gasteiger charge is 2.50. The number of benzene rings is 1. The Morgan fingerprint density at radius 1 is 1.35 bits per heavy atom. The molecule has 1 saturated carbocycles. The first-order valence-electron chi connectivity index (χ1n) is 7.29. The average molecular weight is 276 g/mol. The van der Waals surface area contributed by atoms with Crippen LogP contribution in [0.25, 0.3) is 0 Å². The van der Waals surface area contributed by atoms with Crippen molar-refractivity contribution in [3.8, 4) is 0 Å². The maximum Gasteiger partial charge on any atom is 0.315 e. The monoisotopic (exact) mass is 276 g/mol. The molecule has 0 aliphatic heterocycles. The van der Waals surface area contributed by atoms with Gasteiger partial charge >= 0.3 is 5.97 Å². The first kappa shape index (κ1) is 15.0. The summed E-state index contributed by atoms with van der Waals surface area (Å²) >= 11 is 0. The Morgan fingerprint density at radius 2 is 2.00 bits per heavy atom. The summed E-state index contributed by atoms with van der Waals surface area (Å²) in [6, 6.07) is 9.86. The highest BCUT2D eigenvalue weighted by Crippen LogP contribution is 2.43. The van der Waals surface area contributed by atoms with E-state index in [1.165, 1.54) is 0 Å². The number of hydrogen-bond donors (Lipinski definition) is 1. The summed E-state index contributed by atoms with van der Waals surface area (Å²) in [5, 5.41) is 10.4. The maximum atomic E-state index is 12.6. The van der Waals surface area contributed by atoms with E-state index in [1.807, 2.05) is 51.1 Å². The lowest BCUT2D eigenvalue weighted by molar-refractivity contribution is -0.173. The Balaban J connectivity index is 2.25. The molecule has 1 N–H and O–H groups in total. The predicted molar refractivity (Wildman–Crippen MR) is 78.3 cm³/mol. The van der Waals surface area contributed by atoms with Crippen molar-refractivity contribution in [3.63, 3.8) is 0 Å². The molecule has 0 spiro atoms. The van der Waals surface area contributed by atoms with Crippen molar-refractivity contribution < 1.29 is 14.6 Å². The van der Waals surface area contributed by atoms with Crippen molar-refractivity contribution in [3.05, 3.63) is 35.9 Å². The maximum absolute atomic E-state index is 12.6. The van der Waals surface area contributed by atoms with Gasteiger partial charge in [-0.2, -0.15) is 0 Å². The molecule has 0 aromatic heterocycles. The van der Waals surface area contributed by atoms with Crippen LogP contribution in [-0.4, -0.2) is 22.8 Å². The van der Waals surface area contributed by atoms with Gasteiger partial charge < -0.3 is 9.84 Å². The number of carbonyl (C=O) groups is 1. The van der Waals surface area contributed by atoms with Crippen LogP contribution in [0, 0.1) is 5.41 Å². The van der Waals surface area contributed by atoms with Gasteiger partial charge in [0.1, 0.15) is 5.60 Å². The Morgan fingerprint density at radius 3 is 2.50 bits per heavy atom. The predicted octanol–water partition coefficient (Wildman–Crippen LogP) is 3.10. The average Bonchev–Trinajstić information content (AvgIpc) is 2.71. The van der Waals surface area contributed by atoms with Gasteiger partial charge in [-0.15, -0.1) is 0 Å². The van der Waals surface area contributed by atoms with Crippen LogP contribution in [-0.2, 0) is 16.0 Å². The molecular formula is C17H24O3. The van der Waals surface area contributed by atoms with Crippen molar-refractivity contribution in [1.29, 1.82) is 0 Å². The van der Waals surface area contributed by atoms with E-state index in [9.17, 15) is 9.90 Å². The molecule has 0 saturated heterocycles. The zero-order chi connectivity index (χ0) is 14.8. The molecule has 0 bridgehead atoms. The largest absolute Gasteiger partial charge is 0.459 e. The Bertz CT molecular complexity index is 461. The molecule has 0 radical (unpaired) electrons. The minimum absolute atomic E-state index is 0.265. The lowest BCUT2D eigenvalue weighted by atomic mass is 9.78. The summed E-state index contributed by atoms with van der Waals surface area (Å²) in [6.07, 6.45) is 2.17. The Labute approximate surface area is 121 Å². The van der Waals surface area contributed by atoms with Gasteiger partial charge in [0.25, 0.3) is 0 Å². The van der Waals surface area contributed by atoms with Crippen molar-refractivity contribution >= 4 is 5.97 Å². The van der Waals surface area contributed by atoms with Crippen molar-refractivity contribution in [2.24, 2.45) is 5.41 Å². The number of rotatable bonds is 3. The number of ether oxygens (including phenoxy) is 1. The number of carbonyl (C=O) groups excluding carboxylic acids is 1. The number of aliphatic hydroxyl groups excluding tert-OH is 1. The SMILES string of the molecule is CC(C)(C)OC(=O)[C@]1(Cc2ccccc2)CCC[C@@H]1O. The second-order valence-electron chi connectivity index (χ2n) is 6.73. The van der Waals surface area contributed by atoms with Gasteiger partial charge in [0.05, 0.1) is 11.5 Å². The molecule has 1 aromatic rings. The van der Waals surface area contributed by atoms with Crippen LogP contribution in [0.2, 0.25) is 0 Å². The van der Waals surface area contributed by atoms with Crippen LogP contribution in [0.3, 0.4) is 0 Å². The van der Waals surface area contributed by atoms with E-state index >= 15 is 0 Å². The van der Waals surface area contributed by atoms with Crippen molar-refractivity contribution in [2.75, 3.05) is 0 Å². The smallest absolute Gasteiger partial charge is 0.315 e. The van der Waals surface area contributed by atoms with Crippen LogP contribution >= 0.6 is 0 Å². The second kappa shape index (κ2) is 5.57. The molecule has 0 unspecified atom stereocenters. The van der Waals surface area contributed by atoms with Crippen LogP contribution in [0.4, 0.5) is 0 Å². The lowest BCUT2D eigenvalue weighted by Crippen LogP contribution is -2.44. The van der Waals surface area contributed by atoms with E-state index in [4.69, 9.17) is 4.74 Å². The summed E-state index contributed by atoms with van der Waals surface area (Å²) in [7, 11) is 0. The highest BCUT2D eigenvalue weighted by atomic mass is 16.6. The summed E-state index contributed by atoms with van der Waals surface area (Å²) in [5.74, 6) is -0.265. The van der Waals surface area contributed by atoms with Crippen molar-refractivity contribution in [2.45, 2.75) is 58.2 Å². The number of esters is 1. The molecule has 3 nitrogen and oxygen atoms in total. The van der Waals surface area contributed by atoms with Crippen LogP contribution in [0.15, 0.2) is 30.3 Å². The standard InChI is InChI=1S/C17H24O3/c1-16(2,3)20-15(19)17(11-7-10-14(17)18)12-13-8-5-4-6-9-13/h4-6,8-9,14,18H,7,10-12H2,1-3H3/t14-,17-/m0/s1. The summed E-state index contributed by atoms with van der Waals surface area (Å²) in [6.45, 7) is 5.59. The molecule has 1 aliphatic rings. The first-order chi connectivity index (χ1) is 9.33. The number of aliphatic hydroxyl groups is 1. The number of hydrogen-bond acceptors (Lipinski definition) is 3. The van der Waals surface area contributed by atoms with Gasteiger partial charge in [-0.3, -0.25) is 4.79 Å². The first-order valence-corrected chi connectivity index (χ1v) is 7.29. The van der Waals surface area contributed by atoms with E-state index in [-0.39, 0.29) is 5.97 Å². The third kappa shape index (κ3) is 3.21. The van der Waals surface area contributed by atoms with E-state index in [1.54, 1.807) is 0 Å². The van der Waals surface area contributed by atoms with Crippen LogP contribution in [0.5, 0.6) is 0 Å².